The quantitative estimate of drug-likeness (QED) is 0.787. The van der Waals surface area contributed by atoms with Gasteiger partial charge in [-0.3, -0.25) is 4.79 Å². The zero-order valence-electron chi connectivity index (χ0n) is 12.7. The molecule has 0 radical (unpaired) electrons. The number of nitrogens with zero attached hydrogens (tertiary/aromatic N) is 2. The third-order valence-corrected chi connectivity index (χ3v) is 4.78. The van der Waals surface area contributed by atoms with E-state index in [1.54, 1.807) is 0 Å². The Kier molecular flexibility index (Phi) is 5.23. The fourth-order valence-electron chi connectivity index (χ4n) is 2.82. The fourth-order valence-corrected chi connectivity index (χ4v) is 3.45. The van der Waals surface area contributed by atoms with Gasteiger partial charge in [0.25, 0.3) is 0 Å². The molecule has 1 saturated heterocycles. The Labute approximate surface area is 150 Å². The summed E-state index contributed by atoms with van der Waals surface area (Å²) in [6.45, 7) is 3.17. The lowest BCUT2D eigenvalue weighted by Crippen LogP contribution is -2.49. The second-order valence-corrected chi connectivity index (χ2v) is 7.01. The van der Waals surface area contributed by atoms with Gasteiger partial charge in [0.1, 0.15) is 0 Å². The Bertz CT molecular complexity index is 699. The summed E-state index contributed by atoms with van der Waals surface area (Å²) in [4.78, 5) is 16.7. The van der Waals surface area contributed by atoms with Crippen LogP contribution < -0.4 is 4.90 Å². The van der Waals surface area contributed by atoms with Crippen LogP contribution in [0.15, 0.2) is 53.0 Å². The van der Waals surface area contributed by atoms with Gasteiger partial charge in [-0.1, -0.05) is 45.7 Å². The van der Waals surface area contributed by atoms with Crippen LogP contribution in [0.3, 0.4) is 0 Å². The summed E-state index contributed by atoms with van der Waals surface area (Å²) in [5, 5.41) is 0.746. The predicted molar refractivity (Wildman–Crippen MR) is 98.1 cm³/mol. The van der Waals surface area contributed by atoms with Crippen LogP contribution in [-0.4, -0.2) is 37.0 Å². The van der Waals surface area contributed by atoms with Gasteiger partial charge >= 0.3 is 0 Å². The Morgan fingerprint density at radius 2 is 1.78 bits per heavy atom. The molecule has 1 amide bonds. The first kappa shape index (κ1) is 16.3. The van der Waals surface area contributed by atoms with Crippen LogP contribution in [0.5, 0.6) is 0 Å². The number of carbonyl (C=O) groups is 1. The number of hydrogen-bond acceptors (Lipinski definition) is 2. The molecule has 3 nitrogen and oxygen atoms in total. The van der Waals surface area contributed by atoms with Crippen LogP contribution >= 0.6 is 27.5 Å². The molecule has 3 rings (SSSR count). The number of rotatable bonds is 3. The van der Waals surface area contributed by atoms with Crippen LogP contribution in [0.2, 0.25) is 5.02 Å². The molecule has 0 saturated carbocycles. The van der Waals surface area contributed by atoms with E-state index in [2.05, 4.69) is 26.9 Å². The average Bonchev–Trinajstić information content (AvgIpc) is 2.55. The summed E-state index contributed by atoms with van der Waals surface area (Å²) >= 11 is 9.50. The van der Waals surface area contributed by atoms with Gasteiger partial charge in [0, 0.05) is 41.4 Å². The monoisotopic (exact) mass is 392 g/mol. The van der Waals surface area contributed by atoms with Crippen molar-refractivity contribution < 1.29 is 4.79 Å². The molecule has 0 spiro atoms. The smallest absolute Gasteiger partial charge is 0.227 e. The van der Waals surface area contributed by atoms with E-state index in [0.29, 0.717) is 6.42 Å². The van der Waals surface area contributed by atoms with Crippen molar-refractivity contribution in [2.75, 3.05) is 31.1 Å². The zero-order chi connectivity index (χ0) is 16.2. The van der Waals surface area contributed by atoms with Crippen LogP contribution in [-0.2, 0) is 11.2 Å². The fraction of sp³-hybridized carbons (Fsp3) is 0.278. The molecule has 2 aromatic carbocycles. The average molecular weight is 394 g/mol. The van der Waals surface area contributed by atoms with Crippen molar-refractivity contribution in [3.05, 3.63) is 63.6 Å². The molecule has 0 unspecified atom stereocenters. The molecule has 1 aliphatic heterocycles. The SMILES string of the molecule is O=C(Cc1cccc(Br)c1)N1CCN(c2cccc(Cl)c2)CC1. The maximum Gasteiger partial charge on any atom is 0.227 e. The van der Waals surface area contributed by atoms with Gasteiger partial charge in [0.05, 0.1) is 6.42 Å². The van der Waals surface area contributed by atoms with Crippen LogP contribution in [0, 0.1) is 0 Å². The highest BCUT2D eigenvalue weighted by molar-refractivity contribution is 9.10. The maximum absolute atomic E-state index is 12.4. The zero-order valence-corrected chi connectivity index (χ0v) is 15.1. The van der Waals surface area contributed by atoms with Crippen molar-refractivity contribution in [2.24, 2.45) is 0 Å². The van der Waals surface area contributed by atoms with Crippen molar-refractivity contribution in [1.29, 1.82) is 0 Å². The molecule has 1 aliphatic rings. The van der Waals surface area contributed by atoms with E-state index < -0.39 is 0 Å². The maximum atomic E-state index is 12.4. The number of piperazine rings is 1. The molecular weight excluding hydrogens is 376 g/mol. The molecule has 0 aliphatic carbocycles. The number of benzene rings is 2. The van der Waals surface area contributed by atoms with Gasteiger partial charge in [0.15, 0.2) is 0 Å². The third-order valence-electron chi connectivity index (χ3n) is 4.05. The topological polar surface area (TPSA) is 23.6 Å². The van der Waals surface area contributed by atoms with Gasteiger partial charge in [-0.2, -0.15) is 0 Å². The van der Waals surface area contributed by atoms with Gasteiger partial charge in [-0.25, -0.2) is 0 Å². The van der Waals surface area contributed by atoms with Crippen molar-refractivity contribution in [3.8, 4) is 0 Å². The van der Waals surface area contributed by atoms with E-state index in [4.69, 9.17) is 11.6 Å². The molecule has 120 valence electrons. The minimum atomic E-state index is 0.189. The summed E-state index contributed by atoms with van der Waals surface area (Å²) in [6.07, 6.45) is 0.455. The number of anilines is 1. The third kappa shape index (κ3) is 4.27. The summed E-state index contributed by atoms with van der Waals surface area (Å²) in [5.74, 6) is 0.189. The van der Waals surface area contributed by atoms with Crippen molar-refractivity contribution in [1.82, 2.24) is 4.90 Å². The summed E-state index contributed by atoms with van der Waals surface area (Å²) in [5.41, 5.74) is 2.17. The van der Waals surface area contributed by atoms with Crippen molar-refractivity contribution >= 4 is 39.1 Å². The van der Waals surface area contributed by atoms with Crippen molar-refractivity contribution in [2.45, 2.75) is 6.42 Å². The molecule has 1 fully saturated rings. The van der Waals surface area contributed by atoms with Crippen LogP contribution in [0.1, 0.15) is 5.56 Å². The highest BCUT2D eigenvalue weighted by Gasteiger charge is 2.21. The Hall–Kier alpha value is -1.52. The first-order valence-electron chi connectivity index (χ1n) is 7.64. The Balaban J connectivity index is 1.57. The predicted octanol–water partition coefficient (Wildman–Crippen LogP) is 3.99. The highest BCUT2D eigenvalue weighted by atomic mass is 79.9. The van der Waals surface area contributed by atoms with E-state index in [1.165, 1.54) is 0 Å². The highest BCUT2D eigenvalue weighted by Crippen LogP contribution is 2.21. The molecule has 2 aromatic rings. The van der Waals surface area contributed by atoms with Gasteiger partial charge < -0.3 is 9.80 Å². The van der Waals surface area contributed by atoms with Gasteiger partial charge in [0.2, 0.25) is 5.91 Å². The normalized spacial score (nSPS) is 14.9. The molecule has 0 aromatic heterocycles. The minimum absolute atomic E-state index is 0.189. The van der Waals surface area contributed by atoms with Gasteiger partial charge in [-0.05, 0) is 35.9 Å². The molecule has 0 N–H and O–H groups in total. The molecule has 5 heteroatoms. The van der Waals surface area contributed by atoms with Crippen LogP contribution in [0.25, 0.3) is 0 Å². The Morgan fingerprint density at radius 1 is 1.04 bits per heavy atom. The van der Waals surface area contributed by atoms with E-state index in [-0.39, 0.29) is 5.91 Å². The first-order chi connectivity index (χ1) is 11.1. The Morgan fingerprint density at radius 3 is 2.48 bits per heavy atom. The van der Waals surface area contributed by atoms with E-state index in [1.807, 2.05) is 47.4 Å². The van der Waals surface area contributed by atoms with E-state index >= 15 is 0 Å². The molecule has 23 heavy (non-hydrogen) atoms. The molecular formula is C18H18BrClN2O. The van der Waals surface area contributed by atoms with E-state index in [0.717, 1.165) is 46.9 Å². The number of hydrogen-bond donors (Lipinski definition) is 0. The summed E-state index contributed by atoms with van der Waals surface area (Å²) < 4.78 is 1.01. The van der Waals surface area contributed by atoms with Crippen LogP contribution in [0.4, 0.5) is 5.69 Å². The molecule has 0 atom stereocenters. The number of carbonyl (C=O) groups excluding carboxylic acids is 1. The number of amides is 1. The minimum Gasteiger partial charge on any atom is -0.368 e. The first-order valence-corrected chi connectivity index (χ1v) is 8.82. The molecule has 1 heterocycles. The van der Waals surface area contributed by atoms with E-state index in [9.17, 15) is 4.79 Å². The second kappa shape index (κ2) is 7.37. The summed E-state index contributed by atoms with van der Waals surface area (Å²) in [6, 6.07) is 15.8. The second-order valence-electron chi connectivity index (χ2n) is 5.65. The van der Waals surface area contributed by atoms with Crippen molar-refractivity contribution in [3.63, 3.8) is 0 Å². The van der Waals surface area contributed by atoms with Gasteiger partial charge in [-0.15, -0.1) is 0 Å². The number of halogens is 2. The lowest BCUT2D eigenvalue weighted by atomic mass is 10.1. The summed E-state index contributed by atoms with van der Waals surface area (Å²) in [7, 11) is 0. The standard InChI is InChI=1S/C18H18BrClN2O/c19-15-4-1-3-14(11-15)12-18(23)22-9-7-21(8-10-22)17-6-2-5-16(20)13-17/h1-6,11,13H,7-10,12H2. The lowest BCUT2D eigenvalue weighted by molar-refractivity contribution is -0.130. The lowest BCUT2D eigenvalue weighted by Gasteiger charge is -2.36. The molecule has 0 bridgehead atoms. The largest absolute Gasteiger partial charge is 0.368 e.